The van der Waals surface area contributed by atoms with E-state index in [0.29, 0.717) is 50.4 Å². The molecule has 4 aromatic heterocycles. The second-order valence-corrected chi connectivity index (χ2v) is 18.5. The van der Waals surface area contributed by atoms with Crippen molar-refractivity contribution in [3.05, 3.63) is 176 Å². The molecular formula is C53H42N2O8. The summed E-state index contributed by atoms with van der Waals surface area (Å²) in [5.74, 6) is 0.0351. The molecule has 312 valence electrons. The van der Waals surface area contributed by atoms with Crippen molar-refractivity contribution in [1.29, 1.82) is 0 Å². The van der Waals surface area contributed by atoms with Gasteiger partial charge in [-0.1, -0.05) is 58.0 Å². The number of benzene rings is 6. The van der Waals surface area contributed by atoms with Crippen LogP contribution in [0.1, 0.15) is 83.3 Å². The molecule has 2 atom stereocenters. The first-order valence-corrected chi connectivity index (χ1v) is 21.4. The summed E-state index contributed by atoms with van der Waals surface area (Å²) in [6.45, 7) is 16.8. The van der Waals surface area contributed by atoms with Gasteiger partial charge >= 0.3 is 0 Å². The second-order valence-electron chi connectivity index (χ2n) is 18.5. The molecule has 0 N–H and O–H groups in total. The molecule has 6 aromatic carbocycles. The van der Waals surface area contributed by atoms with Crippen LogP contribution in [0.15, 0.2) is 116 Å². The lowest BCUT2D eigenvalue weighted by Crippen LogP contribution is -2.55. The highest BCUT2D eigenvalue weighted by Gasteiger charge is 2.61. The lowest BCUT2D eigenvalue weighted by atomic mass is 9.42. The van der Waals surface area contributed by atoms with E-state index in [4.69, 9.17) is 17.7 Å². The van der Waals surface area contributed by atoms with Crippen LogP contribution in [0.2, 0.25) is 0 Å². The predicted octanol–water partition coefficient (Wildman–Crippen LogP) is 10.4. The Hall–Kier alpha value is -7.20. The molecule has 10 heteroatoms. The van der Waals surface area contributed by atoms with Gasteiger partial charge in [0.25, 0.3) is 22.2 Å². The van der Waals surface area contributed by atoms with E-state index in [2.05, 4.69) is 76.2 Å². The Morgan fingerprint density at radius 2 is 0.762 bits per heavy atom. The lowest BCUT2D eigenvalue weighted by Gasteiger charge is -2.59. The van der Waals surface area contributed by atoms with Crippen LogP contribution >= 0.6 is 0 Å². The Morgan fingerprint density at radius 3 is 1.11 bits per heavy atom. The van der Waals surface area contributed by atoms with Crippen molar-refractivity contribution in [2.75, 3.05) is 0 Å². The molecule has 10 aromatic rings. The molecule has 63 heavy (non-hydrogen) atoms. The van der Waals surface area contributed by atoms with Crippen LogP contribution in [-0.4, -0.2) is 9.13 Å². The number of hydrogen-bond donors (Lipinski definition) is 0. The Bertz CT molecular complexity index is 3810. The SMILES string of the molecule is Cc1cc(C)c(-n2c(=O)c3cc4oc5cc6c(cc5oc4cc3c2=O)C2(C(C)C)c3ccccc3C6(C(C)C)c3cc4oc5cc6c(=O)n(C)c(=O)c6cc5oc4cc32)c(C)c1C. The molecule has 3 aliphatic rings. The highest BCUT2D eigenvalue weighted by atomic mass is 16.4. The van der Waals surface area contributed by atoms with E-state index < -0.39 is 21.9 Å². The summed E-state index contributed by atoms with van der Waals surface area (Å²) < 4.78 is 29.2. The molecule has 0 aliphatic heterocycles. The summed E-state index contributed by atoms with van der Waals surface area (Å²) in [5.41, 5.74) is 11.7. The summed E-state index contributed by atoms with van der Waals surface area (Å²) in [6, 6.07) is 25.6. The van der Waals surface area contributed by atoms with E-state index in [1.165, 1.54) is 22.7 Å². The van der Waals surface area contributed by atoms with Crippen molar-refractivity contribution in [2.24, 2.45) is 18.9 Å². The number of nitrogens with zero attached hydrogens (tertiary/aromatic N) is 2. The van der Waals surface area contributed by atoms with Gasteiger partial charge in [-0.05, 0) is 144 Å². The summed E-state index contributed by atoms with van der Waals surface area (Å²) in [4.78, 5) is 54.3. The van der Waals surface area contributed by atoms with Crippen LogP contribution < -0.4 is 22.2 Å². The molecule has 4 heterocycles. The Morgan fingerprint density at radius 1 is 0.429 bits per heavy atom. The second kappa shape index (κ2) is 12.0. The highest BCUT2D eigenvalue weighted by Crippen LogP contribution is 2.67. The van der Waals surface area contributed by atoms with Gasteiger partial charge in [0.05, 0.1) is 27.2 Å². The Balaban J connectivity index is 1.15. The normalized spacial score (nSPS) is 18.0. The van der Waals surface area contributed by atoms with Crippen LogP contribution in [0.3, 0.4) is 0 Å². The molecular weight excluding hydrogens is 793 g/mol. The van der Waals surface area contributed by atoms with Crippen molar-refractivity contribution >= 4 is 66.2 Å². The third-order valence-corrected chi connectivity index (χ3v) is 14.9. The van der Waals surface area contributed by atoms with Crippen LogP contribution in [0, 0.1) is 39.5 Å². The summed E-state index contributed by atoms with van der Waals surface area (Å²) in [5, 5.41) is 1.09. The van der Waals surface area contributed by atoms with E-state index in [1.54, 1.807) is 24.3 Å². The van der Waals surface area contributed by atoms with Crippen molar-refractivity contribution < 1.29 is 17.7 Å². The monoisotopic (exact) mass is 834 g/mol. The van der Waals surface area contributed by atoms with Gasteiger partial charge in [-0.3, -0.25) is 23.7 Å². The van der Waals surface area contributed by atoms with Gasteiger partial charge in [0.15, 0.2) is 44.7 Å². The number of hydrogen-bond acceptors (Lipinski definition) is 8. The molecule has 3 aliphatic carbocycles. The zero-order chi connectivity index (χ0) is 43.9. The summed E-state index contributed by atoms with van der Waals surface area (Å²) in [7, 11) is 1.47. The molecule has 13 rings (SSSR count). The number of fused-ring (bicyclic) bond motifs is 6. The van der Waals surface area contributed by atoms with Gasteiger partial charge in [0.1, 0.15) is 0 Å². The topological polar surface area (TPSA) is 131 Å². The first-order valence-electron chi connectivity index (χ1n) is 21.4. The minimum absolute atomic E-state index is 0.0175. The third kappa shape index (κ3) is 4.33. The maximum Gasteiger partial charge on any atom is 0.266 e. The predicted molar refractivity (Wildman–Crippen MR) is 245 cm³/mol. The fourth-order valence-electron chi connectivity index (χ4n) is 11.9. The first-order chi connectivity index (χ1) is 30.1. The smallest absolute Gasteiger partial charge is 0.266 e. The molecule has 0 saturated heterocycles. The minimum atomic E-state index is -0.693. The van der Waals surface area contributed by atoms with E-state index >= 15 is 0 Å². The van der Waals surface area contributed by atoms with Crippen molar-refractivity contribution in [1.82, 2.24) is 9.13 Å². The lowest BCUT2D eigenvalue weighted by molar-refractivity contribution is 0.325. The third-order valence-electron chi connectivity index (χ3n) is 14.9. The number of rotatable bonds is 3. The molecule has 0 saturated carbocycles. The van der Waals surface area contributed by atoms with Crippen molar-refractivity contribution in [3.8, 4) is 5.69 Å². The highest BCUT2D eigenvalue weighted by molar-refractivity contribution is 5.97. The number of aromatic nitrogens is 2. The standard InChI is InChI=1S/C53H42N2O8/c1-23(2)52-33-12-10-11-13-34(33)53(24(3)4,36-20-44-43(19-35(36)52)60-39-15-29-30(16-40(39)61-44)49(57)54(9)48(29)56)38-22-46-45(21-37(38)52)62-41-17-31-32(18-42(41)63-46)51(59)55(50(31)58)47-26(6)14-25(5)27(7)28(47)8/h10-24H,1-9H3. The fraction of sp³-hybridized carbons (Fsp3) is 0.245. The van der Waals surface area contributed by atoms with Crippen LogP contribution in [0.25, 0.3) is 71.9 Å². The minimum Gasteiger partial charge on any atom is -0.449 e. The Labute approximate surface area is 358 Å². The van der Waals surface area contributed by atoms with Crippen LogP contribution in [0.4, 0.5) is 0 Å². The summed E-state index contributed by atoms with van der Waals surface area (Å²) >= 11 is 0. The molecule has 10 nitrogen and oxygen atoms in total. The fourth-order valence-corrected chi connectivity index (χ4v) is 11.9. The number of aryl methyl sites for hydroxylation is 2. The molecule has 0 amide bonds. The maximum absolute atomic E-state index is 14.2. The maximum atomic E-state index is 14.2. The van der Waals surface area contributed by atoms with Gasteiger partial charge in [0, 0.05) is 17.9 Å². The van der Waals surface area contributed by atoms with E-state index in [1.807, 2.05) is 33.8 Å². The Kier molecular flexibility index (Phi) is 7.17. The average Bonchev–Trinajstić information content (AvgIpc) is 3.61. The van der Waals surface area contributed by atoms with Crippen LogP contribution in [0.5, 0.6) is 0 Å². The molecule has 2 unspecified atom stereocenters. The van der Waals surface area contributed by atoms with E-state index in [0.717, 1.165) is 49.1 Å². The largest absolute Gasteiger partial charge is 0.449 e. The molecule has 0 fully saturated rings. The van der Waals surface area contributed by atoms with Crippen molar-refractivity contribution in [2.45, 2.75) is 66.2 Å². The average molecular weight is 835 g/mol. The zero-order valence-corrected chi connectivity index (χ0v) is 36.3. The first kappa shape index (κ1) is 37.6. The molecule has 0 spiro atoms. The van der Waals surface area contributed by atoms with E-state index in [9.17, 15) is 19.2 Å². The van der Waals surface area contributed by atoms with E-state index in [-0.39, 0.29) is 44.5 Å². The molecule has 0 radical (unpaired) electrons. The van der Waals surface area contributed by atoms with Gasteiger partial charge < -0.3 is 17.7 Å². The van der Waals surface area contributed by atoms with Gasteiger partial charge in [-0.25, -0.2) is 4.57 Å². The van der Waals surface area contributed by atoms with Gasteiger partial charge in [0.2, 0.25) is 0 Å². The summed E-state index contributed by atoms with van der Waals surface area (Å²) in [6.07, 6.45) is 0. The van der Waals surface area contributed by atoms with Crippen molar-refractivity contribution in [3.63, 3.8) is 0 Å². The molecule has 2 bridgehead atoms. The van der Waals surface area contributed by atoms with Gasteiger partial charge in [-0.2, -0.15) is 0 Å². The quantitative estimate of drug-likeness (QED) is 0.161. The van der Waals surface area contributed by atoms with Gasteiger partial charge in [-0.15, -0.1) is 0 Å². The zero-order valence-electron chi connectivity index (χ0n) is 36.3. The van der Waals surface area contributed by atoms with Crippen LogP contribution in [-0.2, 0) is 17.9 Å².